The van der Waals surface area contributed by atoms with Gasteiger partial charge in [0.2, 0.25) is 0 Å². The van der Waals surface area contributed by atoms with Crippen molar-refractivity contribution >= 4 is 34.8 Å². The zero-order valence-corrected chi connectivity index (χ0v) is 17.7. The molecule has 1 atom stereocenters. The van der Waals surface area contributed by atoms with Crippen LogP contribution in [0.5, 0.6) is 0 Å². The molecule has 0 bridgehead atoms. The molecule has 2 amide bonds. The van der Waals surface area contributed by atoms with Crippen molar-refractivity contribution in [3.05, 3.63) is 64.6 Å². The second-order valence-corrected chi connectivity index (χ2v) is 8.30. The first-order chi connectivity index (χ1) is 13.5. The number of aryl methyl sites for hydroxylation is 1. The minimum absolute atomic E-state index is 0.141. The number of hydrogen-bond donors (Lipinski definition) is 2. The molecular weight excluding hydrogens is 390 g/mol. The lowest BCUT2D eigenvalue weighted by Crippen LogP contribution is -2.36. The molecule has 1 unspecified atom stereocenters. The Bertz CT molecular complexity index is 900. The Kier molecular flexibility index (Phi) is 7.02. The average Bonchev–Trinajstić information content (AvgIpc) is 3.19. The molecular formula is C20H23N5OS2. The third kappa shape index (κ3) is 5.54. The van der Waals surface area contributed by atoms with Crippen LogP contribution in [0.15, 0.2) is 63.5 Å². The highest BCUT2D eigenvalue weighted by atomic mass is 32.2. The van der Waals surface area contributed by atoms with Crippen molar-refractivity contribution in [1.29, 1.82) is 0 Å². The smallest absolute Gasteiger partial charge is 0.319 e. The zero-order chi connectivity index (χ0) is 19.9. The molecule has 6 nitrogen and oxygen atoms in total. The second kappa shape index (κ2) is 9.68. The number of amides is 2. The van der Waals surface area contributed by atoms with E-state index in [2.05, 4.69) is 42.3 Å². The van der Waals surface area contributed by atoms with Gasteiger partial charge in [-0.15, -0.1) is 0 Å². The highest BCUT2D eigenvalue weighted by Gasteiger charge is 2.16. The van der Waals surface area contributed by atoms with Gasteiger partial charge in [-0.25, -0.2) is 14.8 Å². The number of rotatable bonds is 7. The Morgan fingerprint density at radius 1 is 1.25 bits per heavy atom. The van der Waals surface area contributed by atoms with E-state index in [1.54, 1.807) is 29.8 Å². The topological polar surface area (TPSA) is 70.1 Å². The van der Waals surface area contributed by atoms with Crippen LogP contribution in [0.2, 0.25) is 0 Å². The molecule has 0 saturated heterocycles. The van der Waals surface area contributed by atoms with Gasteiger partial charge in [-0.05, 0) is 85.0 Å². The van der Waals surface area contributed by atoms with Crippen LogP contribution >= 0.6 is 23.1 Å². The van der Waals surface area contributed by atoms with E-state index in [0.29, 0.717) is 11.7 Å². The highest BCUT2D eigenvalue weighted by Crippen LogP contribution is 2.28. The second-order valence-electron chi connectivity index (χ2n) is 6.48. The van der Waals surface area contributed by atoms with Crippen molar-refractivity contribution in [3.8, 4) is 0 Å². The van der Waals surface area contributed by atoms with E-state index in [1.165, 1.54) is 17.3 Å². The predicted molar refractivity (Wildman–Crippen MR) is 115 cm³/mol. The summed E-state index contributed by atoms with van der Waals surface area (Å²) in [5.41, 5.74) is 2.97. The Hall–Kier alpha value is -2.42. The number of aromatic nitrogens is 2. The molecule has 0 aliphatic rings. The Balaban J connectivity index is 1.58. The van der Waals surface area contributed by atoms with Gasteiger partial charge in [0.1, 0.15) is 0 Å². The minimum atomic E-state index is -0.211. The molecule has 0 aliphatic carbocycles. The van der Waals surface area contributed by atoms with Crippen molar-refractivity contribution in [2.45, 2.75) is 23.0 Å². The summed E-state index contributed by atoms with van der Waals surface area (Å²) in [4.78, 5) is 23.9. The fourth-order valence-corrected chi connectivity index (χ4v) is 4.22. The maximum absolute atomic E-state index is 12.4. The molecule has 0 radical (unpaired) electrons. The maximum Gasteiger partial charge on any atom is 0.319 e. The zero-order valence-electron chi connectivity index (χ0n) is 16.0. The van der Waals surface area contributed by atoms with Crippen molar-refractivity contribution in [2.75, 3.05) is 26.0 Å². The van der Waals surface area contributed by atoms with Gasteiger partial charge in [0.05, 0.1) is 6.04 Å². The maximum atomic E-state index is 12.4. The van der Waals surface area contributed by atoms with Crippen LogP contribution in [-0.2, 0) is 0 Å². The number of nitrogens with zero attached hydrogens (tertiary/aromatic N) is 3. The SMILES string of the molecule is Cc1cc(Sc2ncccn2)ccc1NC(=O)NCC(c1ccsc1)N(C)C. The summed E-state index contributed by atoms with van der Waals surface area (Å²) in [6.07, 6.45) is 3.44. The van der Waals surface area contributed by atoms with Gasteiger partial charge in [0.25, 0.3) is 0 Å². The van der Waals surface area contributed by atoms with E-state index in [0.717, 1.165) is 16.1 Å². The molecule has 0 aliphatic heterocycles. The van der Waals surface area contributed by atoms with E-state index >= 15 is 0 Å². The lowest BCUT2D eigenvalue weighted by atomic mass is 10.1. The number of hydrogen-bond acceptors (Lipinski definition) is 6. The van der Waals surface area contributed by atoms with Gasteiger partial charge in [-0.3, -0.25) is 0 Å². The predicted octanol–water partition coefficient (Wildman–Crippen LogP) is 4.42. The summed E-state index contributed by atoms with van der Waals surface area (Å²) in [6, 6.07) is 9.69. The molecule has 1 aromatic carbocycles. The summed E-state index contributed by atoms with van der Waals surface area (Å²) in [6.45, 7) is 2.51. The Morgan fingerprint density at radius 2 is 2.04 bits per heavy atom. The minimum Gasteiger partial charge on any atom is -0.336 e. The van der Waals surface area contributed by atoms with Gasteiger partial charge in [-0.1, -0.05) is 0 Å². The molecule has 8 heteroatoms. The third-order valence-corrected chi connectivity index (χ3v) is 5.79. The molecule has 0 spiro atoms. The van der Waals surface area contributed by atoms with Crippen molar-refractivity contribution in [1.82, 2.24) is 20.2 Å². The molecule has 146 valence electrons. The number of likely N-dealkylation sites (N-methyl/N-ethyl adjacent to an activating group) is 1. The number of carbonyl (C=O) groups excluding carboxylic acids is 1. The van der Waals surface area contributed by atoms with E-state index in [-0.39, 0.29) is 12.1 Å². The standard InChI is InChI=1S/C20H23N5OS2/c1-14-11-16(28-20-21-8-4-9-22-20)5-6-17(14)24-19(26)23-12-18(25(2)3)15-7-10-27-13-15/h4-11,13,18H,12H2,1-3H3,(H2,23,24,26). The van der Waals surface area contributed by atoms with Crippen LogP contribution in [0.25, 0.3) is 0 Å². The van der Waals surface area contributed by atoms with Crippen molar-refractivity contribution in [2.24, 2.45) is 0 Å². The monoisotopic (exact) mass is 413 g/mol. The van der Waals surface area contributed by atoms with Crippen LogP contribution in [0, 0.1) is 6.92 Å². The molecule has 3 aromatic rings. The largest absolute Gasteiger partial charge is 0.336 e. The fourth-order valence-electron chi connectivity index (χ4n) is 2.70. The first kappa shape index (κ1) is 20.3. The number of urea groups is 1. The van der Waals surface area contributed by atoms with Gasteiger partial charge in [0, 0.05) is 29.5 Å². The number of carbonyl (C=O) groups is 1. The van der Waals surface area contributed by atoms with Crippen molar-refractivity contribution in [3.63, 3.8) is 0 Å². The van der Waals surface area contributed by atoms with E-state index in [1.807, 2.05) is 39.2 Å². The van der Waals surface area contributed by atoms with Gasteiger partial charge >= 0.3 is 6.03 Å². The van der Waals surface area contributed by atoms with Crippen LogP contribution in [-0.4, -0.2) is 41.5 Å². The lowest BCUT2D eigenvalue weighted by molar-refractivity contribution is 0.243. The average molecular weight is 414 g/mol. The third-order valence-electron chi connectivity index (χ3n) is 4.20. The number of thiophene rings is 1. The normalized spacial score (nSPS) is 12.0. The summed E-state index contributed by atoms with van der Waals surface area (Å²) >= 11 is 3.15. The summed E-state index contributed by atoms with van der Waals surface area (Å²) < 4.78 is 0. The number of anilines is 1. The van der Waals surface area contributed by atoms with E-state index in [4.69, 9.17) is 0 Å². The lowest BCUT2D eigenvalue weighted by Gasteiger charge is -2.24. The van der Waals surface area contributed by atoms with Gasteiger partial charge in [0.15, 0.2) is 5.16 Å². The fraction of sp³-hybridized carbons (Fsp3) is 0.250. The van der Waals surface area contributed by atoms with Crippen LogP contribution in [0.4, 0.5) is 10.5 Å². The van der Waals surface area contributed by atoms with E-state index < -0.39 is 0 Å². The van der Waals surface area contributed by atoms with E-state index in [9.17, 15) is 4.79 Å². The summed E-state index contributed by atoms with van der Waals surface area (Å²) in [7, 11) is 4.03. The molecule has 3 rings (SSSR count). The van der Waals surface area contributed by atoms with Crippen LogP contribution in [0.1, 0.15) is 17.2 Å². The molecule has 28 heavy (non-hydrogen) atoms. The Morgan fingerprint density at radius 3 is 2.68 bits per heavy atom. The molecule has 0 fully saturated rings. The molecule has 2 heterocycles. The quantitative estimate of drug-likeness (QED) is 0.561. The number of nitrogens with one attached hydrogen (secondary N) is 2. The Labute approximate surface area is 173 Å². The van der Waals surface area contributed by atoms with Gasteiger partial charge < -0.3 is 15.5 Å². The van der Waals surface area contributed by atoms with Crippen molar-refractivity contribution < 1.29 is 4.79 Å². The molecule has 0 saturated carbocycles. The summed E-state index contributed by atoms with van der Waals surface area (Å²) in [5.74, 6) is 0. The number of benzene rings is 1. The van der Waals surface area contributed by atoms with Gasteiger partial charge in [-0.2, -0.15) is 11.3 Å². The summed E-state index contributed by atoms with van der Waals surface area (Å²) in [5, 5.41) is 10.8. The molecule has 2 aromatic heterocycles. The van der Waals surface area contributed by atoms with Crippen LogP contribution < -0.4 is 10.6 Å². The first-order valence-corrected chi connectivity index (χ1v) is 10.6. The van der Waals surface area contributed by atoms with Crippen LogP contribution in [0.3, 0.4) is 0 Å². The first-order valence-electron chi connectivity index (χ1n) is 8.82. The molecule has 2 N–H and O–H groups in total. The highest BCUT2D eigenvalue weighted by molar-refractivity contribution is 7.99.